The van der Waals surface area contributed by atoms with Crippen molar-refractivity contribution in [1.29, 1.82) is 0 Å². The van der Waals surface area contributed by atoms with E-state index in [1.54, 1.807) is 35.0 Å². The van der Waals surface area contributed by atoms with E-state index in [2.05, 4.69) is 4.98 Å². The van der Waals surface area contributed by atoms with Crippen molar-refractivity contribution in [3.8, 4) is 28.5 Å². The Bertz CT molecular complexity index is 1420. The van der Waals surface area contributed by atoms with E-state index in [1.165, 1.54) is 14.2 Å². The molecule has 4 aromatic rings. The lowest BCUT2D eigenvalue weighted by Crippen LogP contribution is -2.15. The van der Waals surface area contributed by atoms with Crippen molar-refractivity contribution in [2.75, 3.05) is 27.4 Å². The first-order valence-corrected chi connectivity index (χ1v) is 10.5. The first kappa shape index (κ1) is 21.7. The maximum Gasteiger partial charge on any atom is 0.355 e. The quantitative estimate of drug-likeness (QED) is 0.401. The average molecular weight is 466 g/mol. The van der Waals surface area contributed by atoms with Gasteiger partial charge >= 0.3 is 5.97 Å². The van der Waals surface area contributed by atoms with Crippen molar-refractivity contribution in [1.82, 2.24) is 9.55 Å². The fourth-order valence-electron chi connectivity index (χ4n) is 4.26. The number of nitrogens with zero attached hydrogens (tertiary/aromatic N) is 2. The summed E-state index contributed by atoms with van der Waals surface area (Å²) in [5, 5.41) is 0.556. The molecular weight excluding hydrogens is 446 g/mol. The normalized spacial score (nSPS) is 12.6. The maximum atomic E-state index is 14.6. The van der Waals surface area contributed by atoms with Gasteiger partial charge in [-0.1, -0.05) is 0 Å². The third kappa shape index (κ3) is 3.49. The molecule has 0 fully saturated rings. The topological polar surface area (TPSA) is 71.8 Å². The highest BCUT2D eigenvalue weighted by Crippen LogP contribution is 2.47. The molecule has 0 aliphatic carbocycles. The van der Waals surface area contributed by atoms with Crippen LogP contribution in [0.4, 0.5) is 8.78 Å². The Morgan fingerprint density at radius 1 is 1.12 bits per heavy atom. The Morgan fingerprint density at radius 2 is 1.94 bits per heavy atom. The minimum atomic E-state index is -0.667. The van der Waals surface area contributed by atoms with Gasteiger partial charge < -0.3 is 23.5 Å². The van der Waals surface area contributed by atoms with Gasteiger partial charge in [0, 0.05) is 22.9 Å². The highest BCUT2D eigenvalue weighted by molar-refractivity contribution is 6.12. The van der Waals surface area contributed by atoms with Gasteiger partial charge in [0.1, 0.15) is 30.5 Å². The number of ether oxygens (including phenoxy) is 4. The van der Waals surface area contributed by atoms with E-state index in [-0.39, 0.29) is 23.7 Å². The van der Waals surface area contributed by atoms with Gasteiger partial charge in [0.15, 0.2) is 11.5 Å². The smallest absolute Gasteiger partial charge is 0.355 e. The standard InChI is InChI=1S/C25H20F2N2O5/c1-31-24-16(4-3-9-28-24)20-21-18(7-8-19-23(21)34-11-10-33-19)29(22(20)25(30)32-2)13-14-12-15(26)5-6-17(14)27/h3-9,12H,10-11,13H2,1-2H3. The molecule has 2 aromatic carbocycles. The molecule has 0 N–H and O–H groups in total. The predicted octanol–water partition coefficient (Wildman–Crippen LogP) is 4.60. The summed E-state index contributed by atoms with van der Waals surface area (Å²) in [5.74, 6) is -0.633. The summed E-state index contributed by atoms with van der Waals surface area (Å²) in [5.41, 5.74) is 1.69. The van der Waals surface area contributed by atoms with Crippen molar-refractivity contribution >= 4 is 16.9 Å². The Morgan fingerprint density at radius 3 is 2.74 bits per heavy atom. The molecular formula is C25H20F2N2O5. The number of aromatic nitrogens is 2. The molecule has 34 heavy (non-hydrogen) atoms. The van der Waals surface area contributed by atoms with Crippen molar-refractivity contribution in [2.24, 2.45) is 0 Å². The van der Waals surface area contributed by atoms with Crippen LogP contribution in [0.2, 0.25) is 0 Å². The lowest BCUT2D eigenvalue weighted by atomic mass is 10.0. The number of pyridine rings is 1. The van der Waals surface area contributed by atoms with E-state index in [0.29, 0.717) is 46.7 Å². The average Bonchev–Trinajstić information content (AvgIpc) is 3.20. The molecule has 7 nitrogen and oxygen atoms in total. The van der Waals surface area contributed by atoms with Crippen LogP contribution in [0.5, 0.6) is 17.4 Å². The van der Waals surface area contributed by atoms with Gasteiger partial charge in [0.05, 0.1) is 31.7 Å². The maximum absolute atomic E-state index is 14.6. The number of carbonyl (C=O) groups excluding carboxylic acids is 1. The second-order valence-electron chi connectivity index (χ2n) is 7.58. The summed E-state index contributed by atoms with van der Waals surface area (Å²) in [6.45, 7) is 0.558. The van der Waals surface area contributed by atoms with Crippen LogP contribution in [0.3, 0.4) is 0 Å². The van der Waals surface area contributed by atoms with Gasteiger partial charge in [-0.25, -0.2) is 18.6 Å². The lowest BCUT2D eigenvalue weighted by Gasteiger charge is -2.20. The molecule has 1 aliphatic heterocycles. The second kappa shape index (κ2) is 8.66. The van der Waals surface area contributed by atoms with E-state index >= 15 is 0 Å². The number of carbonyl (C=O) groups is 1. The van der Waals surface area contributed by atoms with Gasteiger partial charge in [-0.15, -0.1) is 0 Å². The Kier molecular flexibility index (Phi) is 5.53. The molecule has 5 rings (SSSR count). The number of methoxy groups -OCH3 is 2. The van der Waals surface area contributed by atoms with Crippen LogP contribution in [-0.2, 0) is 11.3 Å². The summed E-state index contributed by atoms with van der Waals surface area (Å²) in [7, 11) is 2.73. The number of fused-ring (bicyclic) bond motifs is 3. The van der Waals surface area contributed by atoms with Crippen LogP contribution < -0.4 is 14.2 Å². The van der Waals surface area contributed by atoms with E-state index in [9.17, 15) is 13.6 Å². The zero-order chi connectivity index (χ0) is 23.8. The SMILES string of the molecule is COC(=O)c1c(-c2cccnc2OC)c2c3c(ccc2n1Cc1cc(F)ccc1F)OCCO3. The van der Waals surface area contributed by atoms with E-state index < -0.39 is 17.6 Å². The number of halogens is 2. The molecule has 9 heteroatoms. The molecule has 3 heterocycles. The number of benzene rings is 2. The van der Waals surface area contributed by atoms with Crippen LogP contribution in [-0.4, -0.2) is 43.0 Å². The lowest BCUT2D eigenvalue weighted by molar-refractivity contribution is 0.0590. The van der Waals surface area contributed by atoms with Crippen LogP contribution >= 0.6 is 0 Å². The molecule has 0 unspecified atom stereocenters. The molecule has 0 saturated carbocycles. The molecule has 1 aliphatic rings. The van der Waals surface area contributed by atoms with Crippen LogP contribution in [0, 0.1) is 11.6 Å². The first-order chi connectivity index (χ1) is 16.5. The molecule has 0 bridgehead atoms. The number of hydrogen-bond donors (Lipinski definition) is 0. The Balaban J connectivity index is 1.90. The van der Waals surface area contributed by atoms with Crippen LogP contribution in [0.15, 0.2) is 48.7 Å². The largest absolute Gasteiger partial charge is 0.486 e. The summed E-state index contributed by atoms with van der Waals surface area (Å²) in [6, 6.07) is 10.1. The predicted molar refractivity (Wildman–Crippen MR) is 120 cm³/mol. The van der Waals surface area contributed by atoms with Crippen LogP contribution in [0.1, 0.15) is 16.1 Å². The molecule has 2 aromatic heterocycles. The fourth-order valence-corrected chi connectivity index (χ4v) is 4.26. The number of rotatable bonds is 5. The molecule has 0 spiro atoms. The third-order valence-corrected chi connectivity index (χ3v) is 5.68. The highest BCUT2D eigenvalue weighted by atomic mass is 19.1. The van der Waals surface area contributed by atoms with Crippen molar-refractivity contribution in [3.05, 3.63) is 71.6 Å². The van der Waals surface area contributed by atoms with Crippen molar-refractivity contribution in [3.63, 3.8) is 0 Å². The van der Waals surface area contributed by atoms with Gasteiger partial charge in [0.2, 0.25) is 5.88 Å². The molecule has 0 atom stereocenters. The monoisotopic (exact) mass is 466 g/mol. The zero-order valence-electron chi connectivity index (χ0n) is 18.4. The fraction of sp³-hybridized carbons (Fsp3) is 0.200. The van der Waals surface area contributed by atoms with Crippen molar-refractivity contribution < 1.29 is 32.5 Å². The van der Waals surface area contributed by atoms with Crippen LogP contribution in [0.25, 0.3) is 22.0 Å². The molecule has 174 valence electrons. The number of hydrogen-bond acceptors (Lipinski definition) is 6. The third-order valence-electron chi connectivity index (χ3n) is 5.68. The Hall–Kier alpha value is -4.14. The van der Waals surface area contributed by atoms with E-state index in [1.807, 2.05) is 0 Å². The summed E-state index contributed by atoms with van der Waals surface area (Å²) < 4.78 is 52.5. The minimum Gasteiger partial charge on any atom is -0.486 e. The zero-order valence-corrected chi connectivity index (χ0v) is 18.4. The summed E-state index contributed by atoms with van der Waals surface area (Å²) >= 11 is 0. The molecule has 0 radical (unpaired) electrons. The number of esters is 1. The van der Waals surface area contributed by atoms with Gasteiger partial charge in [-0.05, 0) is 42.5 Å². The summed E-state index contributed by atoms with van der Waals surface area (Å²) in [6.07, 6.45) is 1.57. The highest BCUT2D eigenvalue weighted by Gasteiger charge is 2.31. The second-order valence-corrected chi connectivity index (χ2v) is 7.58. The Labute approximate surface area is 193 Å². The first-order valence-electron chi connectivity index (χ1n) is 10.5. The molecule has 0 amide bonds. The van der Waals surface area contributed by atoms with Gasteiger partial charge in [-0.3, -0.25) is 0 Å². The van der Waals surface area contributed by atoms with Gasteiger partial charge in [0.25, 0.3) is 0 Å². The molecule has 0 saturated heterocycles. The minimum absolute atomic E-state index is 0.0710. The van der Waals surface area contributed by atoms with E-state index in [0.717, 1.165) is 18.2 Å². The van der Waals surface area contributed by atoms with Crippen molar-refractivity contribution in [2.45, 2.75) is 6.54 Å². The van der Waals surface area contributed by atoms with E-state index in [4.69, 9.17) is 18.9 Å². The summed E-state index contributed by atoms with van der Waals surface area (Å²) in [4.78, 5) is 17.4. The van der Waals surface area contributed by atoms with Gasteiger partial charge in [-0.2, -0.15) is 0 Å².